The van der Waals surface area contributed by atoms with Crippen LogP contribution in [0, 0.1) is 5.82 Å². The number of carbonyl (C=O) groups excluding carboxylic acids is 2. The number of benzene rings is 2. The fourth-order valence-corrected chi connectivity index (χ4v) is 4.61. The summed E-state index contributed by atoms with van der Waals surface area (Å²) in [5, 5.41) is 0.673. The van der Waals surface area contributed by atoms with E-state index in [1.807, 2.05) is 31.2 Å². The number of piperazine rings is 1. The van der Waals surface area contributed by atoms with Crippen molar-refractivity contribution >= 4 is 40.9 Å². The molecular formula is C23H26ClFN2O3S. The normalized spacial score (nSPS) is 18.7. The van der Waals surface area contributed by atoms with Crippen LogP contribution in [-0.4, -0.2) is 54.3 Å². The Hall–Kier alpha value is -2.25. The van der Waals surface area contributed by atoms with Gasteiger partial charge < -0.3 is 14.5 Å². The molecule has 1 fully saturated rings. The summed E-state index contributed by atoms with van der Waals surface area (Å²) in [5.74, 6) is -1.09. The predicted octanol–water partition coefficient (Wildman–Crippen LogP) is 4.87. The van der Waals surface area contributed by atoms with Crippen molar-refractivity contribution in [2.75, 3.05) is 30.3 Å². The molecule has 0 spiro atoms. The van der Waals surface area contributed by atoms with Gasteiger partial charge in [0.05, 0.1) is 12.4 Å². The lowest BCUT2D eigenvalue weighted by molar-refractivity contribution is -0.139. The van der Waals surface area contributed by atoms with E-state index in [9.17, 15) is 14.0 Å². The zero-order chi connectivity index (χ0) is 22.5. The molecule has 2 aromatic carbocycles. The molecule has 31 heavy (non-hydrogen) atoms. The van der Waals surface area contributed by atoms with Crippen LogP contribution in [0.15, 0.2) is 47.4 Å². The Kier molecular flexibility index (Phi) is 7.84. The Morgan fingerprint density at radius 3 is 2.61 bits per heavy atom. The molecule has 0 saturated carbocycles. The highest BCUT2D eigenvalue weighted by atomic mass is 35.5. The second-order valence-corrected chi connectivity index (χ2v) is 8.85. The number of amides is 1. The molecule has 5 nitrogen and oxygen atoms in total. The zero-order valence-electron chi connectivity index (χ0n) is 17.8. The van der Waals surface area contributed by atoms with Crippen LogP contribution in [0.2, 0.25) is 5.02 Å². The molecule has 1 saturated heterocycles. The van der Waals surface area contributed by atoms with Gasteiger partial charge in [-0.2, -0.15) is 0 Å². The van der Waals surface area contributed by atoms with Gasteiger partial charge in [0.2, 0.25) is 0 Å². The Balaban J connectivity index is 1.69. The Morgan fingerprint density at radius 1 is 1.16 bits per heavy atom. The van der Waals surface area contributed by atoms with Gasteiger partial charge in [-0.15, -0.1) is 11.8 Å². The first-order valence-electron chi connectivity index (χ1n) is 10.2. The summed E-state index contributed by atoms with van der Waals surface area (Å²) in [6.07, 6.45) is 0. The fraction of sp³-hybridized carbons (Fsp3) is 0.391. The van der Waals surface area contributed by atoms with Crippen LogP contribution >= 0.6 is 23.4 Å². The molecule has 1 heterocycles. The van der Waals surface area contributed by atoms with Crippen LogP contribution < -0.4 is 4.90 Å². The molecule has 1 aliphatic heterocycles. The lowest BCUT2D eigenvalue weighted by Gasteiger charge is -2.46. The van der Waals surface area contributed by atoms with Crippen molar-refractivity contribution in [2.24, 2.45) is 0 Å². The second kappa shape index (κ2) is 10.4. The van der Waals surface area contributed by atoms with Gasteiger partial charge in [-0.25, -0.2) is 4.39 Å². The van der Waals surface area contributed by atoms with Crippen LogP contribution in [-0.2, 0) is 9.53 Å². The number of ether oxygens (including phenoxy) is 1. The minimum absolute atomic E-state index is 0.0259. The third-order valence-electron chi connectivity index (χ3n) is 5.49. The molecular weight excluding hydrogens is 439 g/mol. The van der Waals surface area contributed by atoms with Gasteiger partial charge in [0, 0.05) is 46.3 Å². The molecule has 1 amide bonds. The highest BCUT2D eigenvalue weighted by Gasteiger charge is 2.34. The monoisotopic (exact) mass is 464 g/mol. The molecule has 8 heteroatoms. The van der Waals surface area contributed by atoms with E-state index >= 15 is 0 Å². The van der Waals surface area contributed by atoms with Crippen molar-refractivity contribution < 1.29 is 18.7 Å². The highest BCUT2D eigenvalue weighted by molar-refractivity contribution is 8.00. The van der Waals surface area contributed by atoms with Crippen LogP contribution in [0.5, 0.6) is 0 Å². The molecule has 0 N–H and O–H groups in total. The van der Waals surface area contributed by atoms with Crippen LogP contribution in [0.1, 0.15) is 31.1 Å². The van der Waals surface area contributed by atoms with Gasteiger partial charge in [-0.05, 0) is 57.2 Å². The Morgan fingerprint density at radius 2 is 1.94 bits per heavy atom. The summed E-state index contributed by atoms with van der Waals surface area (Å²) in [4.78, 5) is 28.9. The zero-order valence-corrected chi connectivity index (χ0v) is 19.4. The summed E-state index contributed by atoms with van der Waals surface area (Å²) >= 11 is 7.20. The molecule has 2 aromatic rings. The molecule has 1 aliphatic rings. The smallest absolute Gasteiger partial charge is 0.316 e. The summed E-state index contributed by atoms with van der Waals surface area (Å²) in [5.41, 5.74) is 1.32. The quantitative estimate of drug-likeness (QED) is 0.450. The number of hydrogen-bond acceptors (Lipinski definition) is 5. The van der Waals surface area contributed by atoms with Gasteiger partial charge in [0.1, 0.15) is 5.82 Å². The lowest BCUT2D eigenvalue weighted by Crippen LogP contribution is -2.59. The van der Waals surface area contributed by atoms with Crippen molar-refractivity contribution in [3.05, 3.63) is 58.9 Å². The van der Waals surface area contributed by atoms with Gasteiger partial charge >= 0.3 is 5.97 Å². The standard InChI is InChI=1S/C23H26ClFN2O3S/c1-4-30-22(28)14-31-21-9-8-17(12-20(21)25)23(29)27-11-10-26(15(2)16(27)3)19-7-5-6-18(24)13-19/h5-9,12-13,15-16H,4,10-11,14H2,1-3H3. The van der Waals surface area contributed by atoms with E-state index in [2.05, 4.69) is 11.8 Å². The van der Waals surface area contributed by atoms with Crippen molar-refractivity contribution in [3.8, 4) is 0 Å². The maximum Gasteiger partial charge on any atom is 0.316 e. The van der Waals surface area contributed by atoms with E-state index in [1.165, 1.54) is 6.07 Å². The van der Waals surface area contributed by atoms with Crippen molar-refractivity contribution in [2.45, 2.75) is 37.8 Å². The fourth-order valence-electron chi connectivity index (χ4n) is 3.71. The van der Waals surface area contributed by atoms with E-state index in [0.717, 1.165) is 17.4 Å². The maximum atomic E-state index is 14.5. The predicted molar refractivity (Wildman–Crippen MR) is 123 cm³/mol. The van der Waals surface area contributed by atoms with Gasteiger partial charge in [-0.3, -0.25) is 9.59 Å². The first kappa shape index (κ1) is 23.4. The minimum Gasteiger partial charge on any atom is -0.465 e. The highest BCUT2D eigenvalue weighted by Crippen LogP contribution is 2.28. The number of hydrogen-bond donors (Lipinski definition) is 0. The number of carbonyl (C=O) groups is 2. The summed E-state index contributed by atoms with van der Waals surface area (Å²) in [6.45, 7) is 7.27. The third-order valence-corrected chi connectivity index (χ3v) is 6.75. The first-order chi connectivity index (χ1) is 14.8. The molecule has 0 radical (unpaired) electrons. The number of anilines is 1. The van der Waals surface area contributed by atoms with Crippen molar-refractivity contribution in [1.82, 2.24) is 4.90 Å². The average molecular weight is 465 g/mol. The van der Waals surface area contributed by atoms with E-state index in [0.29, 0.717) is 28.6 Å². The summed E-state index contributed by atoms with van der Waals surface area (Å²) in [7, 11) is 0. The average Bonchev–Trinajstić information content (AvgIpc) is 2.74. The van der Waals surface area contributed by atoms with E-state index < -0.39 is 11.8 Å². The van der Waals surface area contributed by atoms with Gasteiger partial charge in [0.15, 0.2) is 0 Å². The first-order valence-corrected chi connectivity index (χ1v) is 11.6. The molecule has 0 aromatic heterocycles. The van der Waals surface area contributed by atoms with E-state index in [1.54, 1.807) is 24.0 Å². The van der Waals surface area contributed by atoms with Gasteiger partial charge in [-0.1, -0.05) is 17.7 Å². The summed E-state index contributed by atoms with van der Waals surface area (Å²) < 4.78 is 19.4. The summed E-state index contributed by atoms with van der Waals surface area (Å²) in [6, 6.07) is 12.1. The number of thioether (sulfide) groups is 1. The molecule has 0 bridgehead atoms. The molecule has 2 unspecified atom stereocenters. The Labute approximate surface area is 191 Å². The van der Waals surface area contributed by atoms with E-state index in [-0.39, 0.29) is 30.4 Å². The SMILES string of the molecule is CCOC(=O)CSc1ccc(C(=O)N2CCN(c3cccc(Cl)c3)C(C)C2C)cc1F. The van der Waals surface area contributed by atoms with Gasteiger partial charge in [0.25, 0.3) is 5.91 Å². The lowest BCUT2D eigenvalue weighted by atomic mass is 10.0. The van der Waals surface area contributed by atoms with Crippen LogP contribution in [0.4, 0.5) is 10.1 Å². The molecule has 2 atom stereocenters. The number of esters is 1. The van der Waals surface area contributed by atoms with Crippen molar-refractivity contribution in [1.29, 1.82) is 0 Å². The van der Waals surface area contributed by atoms with Crippen molar-refractivity contribution in [3.63, 3.8) is 0 Å². The molecule has 166 valence electrons. The Bertz CT molecular complexity index is 958. The largest absolute Gasteiger partial charge is 0.465 e. The van der Waals surface area contributed by atoms with Crippen LogP contribution in [0.3, 0.4) is 0 Å². The van der Waals surface area contributed by atoms with E-state index in [4.69, 9.17) is 16.3 Å². The third kappa shape index (κ3) is 5.52. The number of rotatable bonds is 6. The molecule has 3 rings (SSSR count). The topological polar surface area (TPSA) is 49.9 Å². The maximum absolute atomic E-state index is 14.5. The number of halogens is 2. The minimum atomic E-state index is -0.515. The number of nitrogens with zero attached hydrogens (tertiary/aromatic N) is 2. The second-order valence-electron chi connectivity index (χ2n) is 7.39. The van der Waals surface area contributed by atoms with Crippen LogP contribution in [0.25, 0.3) is 0 Å². The molecule has 0 aliphatic carbocycles.